The predicted molar refractivity (Wildman–Crippen MR) is 311 cm³/mol. The van der Waals surface area contributed by atoms with E-state index in [1.165, 1.54) is 122 Å². The molecule has 0 heterocycles. The molecule has 0 N–H and O–H groups in total. The van der Waals surface area contributed by atoms with Crippen LogP contribution in [0.2, 0.25) is 0 Å². The number of unbranched alkanes of at least 4 members (excludes halogenated alkanes) is 27. The van der Waals surface area contributed by atoms with E-state index in [2.05, 4.69) is 118 Å². The fraction of sp³-hybridized carbons (Fsp3) is 0.712. The molecule has 0 aliphatic rings. The first-order valence-corrected chi connectivity index (χ1v) is 30.2. The second-order valence-corrected chi connectivity index (χ2v) is 19.9. The molecule has 6 heteroatoms. The number of carbonyl (C=O) groups is 3. The summed E-state index contributed by atoms with van der Waals surface area (Å²) in [5, 5.41) is 0. The summed E-state index contributed by atoms with van der Waals surface area (Å²) in [7, 11) is 0. The molecule has 0 spiro atoms. The van der Waals surface area contributed by atoms with Crippen LogP contribution < -0.4 is 0 Å². The largest absolute Gasteiger partial charge is 0.462 e. The van der Waals surface area contributed by atoms with Crippen molar-refractivity contribution in [2.75, 3.05) is 13.2 Å². The average molecular weight is 1000 g/mol. The van der Waals surface area contributed by atoms with Crippen molar-refractivity contribution >= 4 is 17.9 Å². The second-order valence-electron chi connectivity index (χ2n) is 19.9. The van der Waals surface area contributed by atoms with Gasteiger partial charge in [0, 0.05) is 19.3 Å². The molecule has 0 aromatic rings. The van der Waals surface area contributed by atoms with Crippen molar-refractivity contribution in [3.05, 3.63) is 97.2 Å². The Bertz CT molecular complexity index is 1430. The Hall–Kier alpha value is -3.67. The zero-order valence-electron chi connectivity index (χ0n) is 47.2. The van der Waals surface area contributed by atoms with Crippen LogP contribution in [-0.2, 0) is 28.6 Å². The van der Waals surface area contributed by atoms with Gasteiger partial charge in [0.2, 0.25) is 0 Å². The fourth-order valence-corrected chi connectivity index (χ4v) is 8.30. The molecule has 0 radical (unpaired) electrons. The van der Waals surface area contributed by atoms with Gasteiger partial charge in [-0.05, 0) is 103 Å². The first-order valence-electron chi connectivity index (χ1n) is 30.2. The molecule has 72 heavy (non-hydrogen) atoms. The minimum atomic E-state index is -0.801. The Kier molecular flexibility index (Phi) is 56.8. The number of esters is 3. The van der Waals surface area contributed by atoms with E-state index in [4.69, 9.17) is 14.2 Å². The molecule has 0 aliphatic heterocycles. The van der Waals surface area contributed by atoms with Crippen LogP contribution in [0.1, 0.15) is 284 Å². The lowest BCUT2D eigenvalue weighted by Crippen LogP contribution is -2.30. The van der Waals surface area contributed by atoms with E-state index in [0.29, 0.717) is 19.3 Å². The zero-order chi connectivity index (χ0) is 52.2. The lowest BCUT2D eigenvalue weighted by Gasteiger charge is -2.18. The highest BCUT2D eigenvalue weighted by Crippen LogP contribution is 2.16. The first-order chi connectivity index (χ1) is 35.5. The molecule has 1 unspecified atom stereocenters. The van der Waals surface area contributed by atoms with Crippen LogP contribution in [0.3, 0.4) is 0 Å². The van der Waals surface area contributed by atoms with Gasteiger partial charge in [-0.15, -0.1) is 0 Å². The van der Waals surface area contributed by atoms with Gasteiger partial charge >= 0.3 is 17.9 Å². The molecular formula is C66H112O6. The Labute approximate surface area is 445 Å². The smallest absolute Gasteiger partial charge is 0.306 e. The summed E-state index contributed by atoms with van der Waals surface area (Å²) in [5.41, 5.74) is 0. The van der Waals surface area contributed by atoms with E-state index >= 15 is 0 Å². The molecule has 6 nitrogen and oxygen atoms in total. The lowest BCUT2D eigenvalue weighted by atomic mass is 10.0. The third-order valence-corrected chi connectivity index (χ3v) is 12.8. The topological polar surface area (TPSA) is 78.9 Å². The molecule has 0 aliphatic carbocycles. The van der Waals surface area contributed by atoms with E-state index in [0.717, 1.165) is 122 Å². The van der Waals surface area contributed by atoms with Gasteiger partial charge in [0.05, 0.1) is 0 Å². The van der Waals surface area contributed by atoms with Crippen molar-refractivity contribution in [2.45, 2.75) is 290 Å². The predicted octanol–water partition coefficient (Wildman–Crippen LogP) is 20.5. The molecule has 0 aromatic carbocycles. The lowest BCUT2D eigenvalue weighted by molar-refractivity contribution is -0.167. The van der Waals surface area contributed by atoms with Crippen molar-refractivity contribution in [1.29, 1.82) is 0 Å². The Balaban J connectivity index is 4.47. The van der Waals surface area contributed by atoms with Crippen LogP contribution in [0.4, 0.5) is 0 Å². The number of hydrogen-bond donors (Lipinski definition) is 0. The maximum absolute atomic E-state index is 12.9. The fourth-order valence-electron chi connectivity index (χ4n) is 8.30. The van der Waals surface area contributed by atoms with Crippen LogP contribution in [0, 0.1) is 0 Å². The summed E-state index contributed by atoms with van der Waals surface area (Å²) in [6, 6.07) is 0. The van der Waals surface area contributed by atoms with Gasteiger partial charge in [0.25, 0.3) is 0 Å². The standard InChI is InChI=1S/C66H112O6/c1-4-7-10-13-16-19-22-25-28-31-32-33-34-36-38-41-44-47-50-53-56-59-65(68)71-62-63(61-70-64(67)58-55-52-49-46-43-40-37-30-27-24-21-18-15-12-9-6-3)72-66(69)60-57-54-51-48-45-42-39-35-29-26-23-20-17-14-11-8-5-2/h7,10,16,19,21,24-25,28,30,32-33,36-38,44,47,63H,4-6,8-9,11-15,17-18,20,22-23,26-27,29,31,34-35,39-43,45-46,48-62H2,1-3H3/b10-7-,19-16-,24-21-,28-25-,33-32-,37-30-,38-36-,47-44-. The summed E-state index contributed by atoms with van der Waals surface area (Å²) < 4.78 is 16.9. The van der Waals surface area contributed by atoms with Crippen molar-refractivity contribution in [1.82, 2.24) is 0 Å². The number of rotatable bonds is 54. The first kappa shape index (κ1) is 68.3. The van der Waals surface area contributed by atoms with Crippen molar-refractivity contribution in [2.24, 2.45) is 0 Å². The van der Waals surface area contributed by atoms with Crippen LogP contribution in [0.15, 0.2) is 97.2 Å². The van der Waals surface area contributed by atoms with Crippen molar-refractivity contribution in [3.63, 3.8) is 0 Å². The van der Waals surface area contributed by atoms with Crippen molar-refractivity contribution < 1.29 is 28.6 Å². The van der Waals surface area contributed by atoms with Gasteiger partial charge in [-0.2, -0.15) is 0 Å². The number of allylic oxidation sites excluding steroid dienone is 16. The number of carbonyl (C=O) groups excluding carboxylic acids is 3. The molecule has 0 fully saturated rings. The van der Waals surface area contributed by atoms with Crippen LogP contribution in [0.5, 0.6) is 0 Å². The zero-order valence-corrected chi connectivity index (χ0v) is 47.2. The molecule has 0 saturated carbocycles. The van der Waals surface area contributed by atoms with Crippen LogP contribution >= 0.6 is 0 Å². The van der Waals surface area contributed by atoms with Crippen LogP contribution in [-0.4, -0.2) is 37.2 Å². The third-order valence-electron chi connectivity index (χ3n) is 12.8. The quantitative estimate of drug-likeness (QED) is 0.0261. The van der Waals surface area contributed by atoms with E-state index < -0.39 is 6.10 Å². The SMILES string of the molecule is CC/C=C\C/C=C\C/C=C\C/C=C\C/C=C\C/C=C\CCCCC(=O)OCC(COC(=O)CCCCCCC/C=C\C/C=C\CCCCCC)OC(=O)CCCCCCCCCCCCCCCCCCC. The third kappa shape index (κ3) is 57.2. The van der Waals surface area contributed by atoms with Gasteiger partial charge in [-0.25, -0.2) is 0 Å². The summed E-state index contributed by atoms with van der Waals surface area (Å²) in [6.45, 7) is 6.48. The summed E-state index contributed by atoms with van der Waals surface area (Å²) in [6.07, 6.45) is 79.7. The molecule has 0 rings (SSSR count). The minimum absolute atomic E-state index is 0.0973. The van der Waals surface area contributed by atoms with Gasteiger partial charge < -0.3 is 14.2 Å². The van der Waals surface area contributed by atoms with E-state index in [9.17, 15) is 14.4 Å². The summed E-state index contributed by atoms with van der Waals surface area (Å²) in [5.74, 6) is -0.946. The maximum atomic E-state index is 12.9. The highest BCUT2D eigenvalue weighted by Gasteiger charge is 2.19. The normalized spacial score (nSPS) is 12.8. The number of hydrogen-bond acceptors (Lipinski definition) is 6. The maximum Gasteiger partial charge on any atom is 0.306 e. The molecule has 1 atom stereocenters. The van der Waals surface area contributed by atoms with Gasteiger partial charge in [0.1, 0.15) is 13.2 Å². The molecule has 412 valence electrons. The van der Waals surface area contributed by atoms with E-state index in [1.807, 2.05) is 0 Å². The Morgan fingerprint density at radius 1 is 0.292 bits per heavy atom. The monoisotopic (exact) mass is 1000 g/mol. The molecule has 0 amide bonds. The molecule has 0 aromatic heterocycles. The summed E-state index contributed by atoms with van der Waals surface area (Å²) >= 11 is 0. The van der Waals surface area contributed by atoms with Gasteiger partial charge in [-0.1, -0.05) is 259 Å². The summed E-state index contributed by atoms with van der Waals surface area (Å²) in [4.78, 5) is 38.2. The molecule has 0 bridgehead atoms. The minimum Gasteiger partial charge on any atom is -0.462 e. The highest BCUT2D eigenvalue weighted by atomic mass is 16.6. The number of ether oxygens (including phenoxy) is 3. The Morgan fingerprint density at radius 2 is 0.542 bits per heavy atom. The van der Waals surface area contributed by atoms with Gasteiger partial charge in [0.15, 0.2) is 6.10 Å². The highest BCUT2D eigenvalue weighted by molar-refractivity contribution is 5.71. The van der Waals surface area contributed by atoms with E-state index in [1.54, 1.807) is 0 Å². The molecular weight excluding hydrogens is 889 g/mol. The second kappa shape index (κ2) is 59.9. The average Bonchev–Trinajstić information content (AvgIpc) is 3.38. The van der Waals surface area contributed by atoms with Crippen LogP contribution in [0.25, 0.3) is 0 Å². The molecule has 0 saturated heterocycles. The van der Waals surface area contributed by atoms with Gasteiger partial charge in [-0.3, -0.25) is 14.4 Å². The Morgan fingerprint density at radius 3 is 0.889 bits per heavy atom. The van der Waals surface area contributed by atoms with E-state index in [-0.39, 0.29) is 31.1 Å². The van der Waals surface area contributed by atoms with Crippen molar-refractivity contribution in [3.8, 4) is 0 Å².